The van der Waals surface area contributed by atoms with Gasteiger partial charge < -0.3 is 10.4 Å². The molecule has 2 aliphatic carbocycles. The summed E-state index contributed by atoms with van der Waals surface area (Å²) < 4.78 is 67.5. The molecule has 186 valence electrons. The molecule has 0 bridgehead atoms. The van der Waals surface area contributed by atoms with Crippen LogP contribution in [0.2, 0.25) is 5.02 Å². The van der Waals surface area contributed by atoms with Crippen molar-refractivity contribution in [2.75, 3.05) is 5.32 Å². The number of carbonyl (C=O) groups is 1. The fourth-order valence-corrected chi connectivity index (χ4v) is 6.48. The van der Waals surface area contributed by atoms with E-state index in [1.165, 1.54) is 25.3 Å². The van der Waals surface area contributed by atoms with E-state index in [-0.39, 0.29) is 27.6 Å². The average Bonchev–Trinajstić information content (AvgIpc) is 2.75. The molecule has 0 aliphatic heterocycles. The van der Waals surface area contributed by atoms with Crippen LogP contribution < -0.4 is 10.0 Å². The van der Waals surface area contributed by atoms with Crippen LogP contribution in [0.5, 0.6) is 0 Å². The molecule has 11 heteroatoms. The van der Waals surface area contributed by atoms with Crippen molar-refractivity contribution >= 4 is 33.2 Å². The maximum Gasteiger partial charge on any atom is 0.426 e. The van der Waals surface area contributed by atoms with E-state index in [0.717, 1.165) is 50.7 Å². The molecule has 3 rings (SSSR count). The summed E-state index contributed by atoms with van der Waals surface area (Å²) in [6, 6.07) is 3.19. The monoisotopic (exact) mass is 510 g/mol. The normalized spacial score (nSPS) is 24.8. The van der Waals surface area contributed by atoms with Gasteiger partial charge in [-0.1, -0.05) is 56.5 Å². The molecule has 3 N–H and O–H groups in total. The Hall–Kier alpha value is -1.36. The smallest absolute Gasteiger partial charge is 0.373 e. The number of hydrogen-bond donors (Lipinski definition) is 3. The minimum absolute atomic E-state index is 0.138. The Bertz CT molecular complexity index is 963. The van der Waals surface area contributed by atoms with Gasteiger partial charge in [0.15, 0.2) is 0 Å². The first kappa shape index (κ1) is 26.2. The summed E-state index contributed by atoms with van der Waals surface area (Å²) in [6.45, 7) is 0.325. The van der Waals surface area contributed by atoms with Gasteiger partial charge in [-0.15, -0.1) is 0 Å². The van der Waals surface area contributed by atoms with Gasteiger partial charge in [0.2, 0.25) is 15.6 Å². The van der Waals surface area contributed by atoms with Crippen molar-refractivity contribution in [1.82, 2.24) is 4.72 Å². The van der Waals surface area contributed by atoms with Crippen molar-refractivity contribution in [3.63, 3.8) is 0 Å². The molecule has 6 nitrogen and oxygen atoms in total. The lowest BCUT2D eigenvalue weighted by molar-refractivity contribution is -0.242. The Morgan fingerprint density at radius 2 is 1.67 bits per heavy atom. The number of sulfonamides is 1. The van der Waals surface area contributed by atoms with Crippen molar-refractivity contribution in [2.45, 2.75) is 87.4 Å². The molecule has 2 saturated carbocycles. The van der Waals surface area contributed by atoms with Gasteiger partial charge in [0.1, 0.15) is 0 Å². The maximum absolute atomic E-state index is 13.1. The number of amides is 1. The van der Waals surface area contributed by atoms with Crippen molar-refractivity contribution in [3.8, 4) is 0 Å². The highest BCUT2D eigenvalue weighted by Gasteiger charge is 2.55. The molecule has 1 aromatic rings. The number of halogens is 4. The van der Waals surface area contributed by atoms with E-state index in [1.807, 2.05) is 5.32 Å². The van der Waals surface area contributed by atoms with Gasteiger partial charge in [-0.2, -0.15) is 13.2 Å². The van der Waals surface area contributed by atoms with Gasteiger partial charge in [0, 0.05) is 6.04 Å². The Morgan fingerprint density at radius 3 is 2.27 bits per heavy atom. The van der Waals surface area contributed by atoms with Gasteiger partial charge in [-0.25, -0.2) is 13.1 Å². The lowest BCUT2D eigenvalue weighted by atomic mass is 9.71. The number of rotatable bonds is 6. The Kier molecular flexibility index (Phi) is 8.03. The molecule has 0 spiro atoms. The predicted molar refractivity (Wildman–Crippen MR) is 119 cm³/mol. The van der Waals surface area contributed by atoms with Crippen molar-refractivity contribution < 1.29 is 31.5 Å². The zero-order chi connectivity index (χ0) is 24.4. The van der Waals surface area contributed by atoms with Gasteiger partial charge >= 0.3 is 6.18 Å². The molecule has 0 heterocycles. The Morgan fingerprint density at radius 1 is 1.06 bits per heavy atom. The van der Waals surface area contributed by atoms with Crippen LogP contribution in [0.3, 0.4) is 0 Å². The van der Waals surface area contributed by atoms with Crippen LogP contribution in [0.15, 0.2) is 23.1 Å². The Balaban J connectivity index is 1.74. The molecule has 2 aliphatic rings. The van der Waals surface area contributed by atoms with E-state index in [0.29, 0.717) is 12.8 Å². The van der Waals surface area contributed by atoms with Crippen LogP contribution in [-0.4, -0.2) is 37.3 Å². The lowest BCUT2D eigenvalue weighted by Gasteiger charge is -2.39. The van der Waals surface area contributed by atoms with Crippen LogP contribution in [0.25, 0.3) is 0 Å². The molecule has 3 atom stereocenters. The molecule has 0 saturated heterocycles. The minimum atomic E-state index is -5.19. The second-order valence-electron chi connectivity index (χ2n) is 9.24. The standard InChI is InChI=1S/C22H30ClF3N2O4S/c1-21(30,22(24,25)26)20(29)27-19-12-11-15(13-17(19)23)33(31,32)28-18-10-6-5-9-16(18)14-7-3-2-4-8-14/h11-14,16,18,28,30H,2-10H2,1H3,(H,27,29)/t16?,18?,21-/m1/s1. The number of aliphatic hydroxyl groups is 1. The van der Waals surface area contributed by atoms with Gasteiger partial charge in [0.25, 0.3) is 5.91 Å². The second-order valence-corrected chi connectivity index (χ2v) is 11.4. The highest BCUT2D eigenvalue weighted by Crippen LogP contribution is 2.39. The summed E-state index contributed by atoms with van der Waals surface area (Å²) in [7, 11) is -3.93. The molecule has 0 radical (unpaired) electrons. The lowest BCUT2D eigenvalue weighted by Crippen LogP contribution is -2.52. The van der Waals surface area contributed by atoms with E-state index in [4.69, 9.17) is 11.6 Å². The van der Waals surface area contributed by atoms with Crippen molar-refractivity contribution in [2.24, 2.45) is 11.8 Å². The third-order valence-electron chi connectivity index (χ3n) is 6.87. The first-order chi connectivity index (χ1) is 15.3. The average molecular weight is 511 g/mol. The SMILES string of the molecule is C[C@@](O)(C(=O)Nc1ccc(S(=O)(=O)NC2CCCCC2C2CCCCC2)cc1Cl)C(F)(F)F. The van der Waals surface area contributed by atoms with E-state index < -0.39 is 27.7 Å². The molecule has 0 aromatic heterocycles. The summed E-state index contributed by atoms with van der Waals surface area (Å²) in [5.74, 6) is -0.926. The fourth-order valence-electron chi connectivity index (χ4n) is 4.84. The number of anilines is 1. The molecular weight excluding hydrogens is 481 g/mol. The quantitative estimate of drug-likeness (QED) is 0.501. The predicted octanol–water partition coefficient (Wildman–Crippen LogP) is 5.01. The van der Waals surface area contributed by atoms with Crippen LogP contribution in [0.4, 0.5) is 18.9 Å². The molecular formula is C22H30ClF3N2O4S. The Labute approximate surface area is 197 Å². The summed E-state index contributed by atoms with van der Waals surface area (Å²) in [6.07, 6.45) is 4.38. The first-order valence-corrected chi connectivity index (χ1v) is 13.1. The molecule has 33 heavy (non-hydrogen) atoms. The van der Waals surface area contributed by atoms with Crippen molar-refractivity contribution in [3.05, 3.63) is 23.2 Å². The molecule has 2 fully saturated rings. The van der Waals surface area contributed by atoms with Gasteiger partial charge in [0.05, 0.1) is 15.6 Å². The molecule has 1 aromatic carbocycles. The van der Waals surface area contributed by atoms with Crippen LogP contribution in [0, 0.1) is 11.8 Å². The molecule has 2 unspecified atom stereocenters. The number of nitrogens with one attached hydrogen (secondary N) is 2. The van der Waals surface area contributed by atoms with Crippen LogP contribution >= 0.6 is 11.6 Å². The first-order valence-electron chi connectivity index (χ1n) is 11.3. The van der Waals surface area contributed by atoms with Crippen LogP contribution in [-0.2, 0) is 14.8 Å². The van der Waals surface area contributed by atoms with E-state index in [1.54, 1.807) is 0 Å². The third kappa shape index (κ3) is 6.01. The number of benzene rings is 1. The van der Waals surface area contributed by atoms with E-state index in [2.05, 4.69) is 4.72 Å². The number of carbonyl (C=O) groups excluding carboxylic acids is 1. The maximum atomic E-state index is 13.1. The largest absolute Gasteiger partial charge is 0.426 e. The third-order valence-corrected chi connectivity index (χ3v) is 8.67. The molecule has 1 amide bonds. The minimum Gasteiger partial charge on any atom is -0.373 e. The van der Waals surface area contributed by atoms with Crippen molar-refractivity contribution in [1.29, 1.82) is 0 Å². The van der Waals surface area contributed by atoms with E-state index in [9.17, 15) is 31.5 Å². The summed E-state index contributed by atoms with van der Waals surface area (Å²) in [5, 5.41) is 11.1. The highest BCUT2D eigenvalue weighted by molar-refractivity contribution is 7.89. The van der Waals surface area contributed by atoms with Crippen LogP contribution in [0.1, 0.15) is 64.7 Å². The second kappa shape index (κ2) is 10.1. The zero-order valence-electron chi connectivity index (χ0n) is 18.4. The van der Waals surface area contributed by atoms with E-state index >= 15 is 0 Å². The summed E-state index contributed by atoms with van der Waals surface area (Å²) in [5.41, 5.74) is -3.86. The summed E-state index contributed by atoms with van der Waals surface area (Å²) >= 11 is 6.07. The van der Waals surface area contributed by atoms with Gasteiger partial charge in [-0.05, 0) is 49.8 Å². The fraction of sp³-hybridized carbons (Fsp3) is 0.682. The number of alkyl halides is 3. The zero-order valence-corrected chi connectivity index (χ0v) is 20.0. The number of hydrogen-bond acceptors (Lipinski definition) is 4. The summed E-state index contributed by atoms with van der Waals surface area (Å²) in [4.78, 5) is 11.8. The van der Waals surface area contributed by atoms with Gasteiger partial charge in [-0.3, -0.25) is 4.79 Å². The topological polar surface area (TPSA) is 95.5 Å². The highest BCUT2D eigenvalue weighted by atomic mass is 35.5.